The van der Waals surface area contributed by atoms with E-state index in [0.29, 0.717) is 0 Å². The highest BCUT2D eigenvalue weighted by Crippen LogP contribution is 2.12. The Bertz CT molecular complexity index is 432. The summed E-state index contributed by atoms with van der Waals surface area (Å²) in [5.41, 5.74) is 3.61. The summed E-state index contributed by atoms with van der Waals surface area (Å²) in [4.78, 5) is 2.16. The second kappa shape index (κ2) is 5.55. The standard InChI is InChI=1S/C14H18N2O/c1-16(2)10-12-3-5-14(6-4-12)15-9-13-7-8-17-11-13/h3-8,11,15H,9-10H2,1-2H3. The molecule has 0 aliphatic rings. The van der Waals surface area contributed by atoms with Crippen LogP contribution in [0.25, 0.3) is 0 Å². The zero-order valence-electron chi connectivity index (χ0n) is 10.3. The molecule has 1 aromatic carbocycles. The lowest BCUT2D eigenvalue weighted by molar-refractivity contribution is 0.402. The highest BCUT2D eigenvalue weighted by Gasteiger charge is 1.97. The van der Waals surface area contributed by atoms with Crippen molar-refractivity contribution in [2.24, 2.45) is 0 Å². The lowest BCUT2D eigenvalue weighted by Crippen LogP contribution is -2.10. The highest BCUT2D eigenvalue weighted by atomic mass is 16.3. The molecule has 0 atom stereocenters. The summed E-state index contributed by atoms with van der Waals surface area (Å²) < 4.78 is 5.02. The number of hydrogen-bond acceptors (Lipinski definition) is 3. The number of nitrogens with zero attached hydrogens (tertiary/aromatic N) is 1. The van der Waals surface area contributed by atoms with Crippen molar-refractivity contribution in [1.82, 2.24) is 4.90 Å². The smallest absolute Gasteiger partial charge is 0.0952 e. The van der Waals surface area contributed by atoms with Crippen molar-refractivity contribution in [2.45, 2.75) is 13.1 Å². The first-order chi connectivity index (χ1) is 8.24. The van der Waals surface area contributed by atoms with Gasteiger partial charge in [-0.05, 0) is 37.9 Å². The molecule has 2 aromatic rings. The summed E-state index contributed by atoms with van der Waals surface area (Å²) in [6, 6.07) is 10.5. The van der Waals surface area contributed by atoms with Crippen molar-refractivity contribution >= 4 is 5.69 Å². The number of hydrogen-bond donors (Lipinski definition) is 1. The molecule has 0 saturated heterocycles. The first-order valence-corrected chi connectivity index (χ1v) is 5.72. The molecular weight excluding hydrogens is 212 g/mol. The highest BCUT2D eigenvalue weighted by molar-refractivity contribution is 5.45. The lowest BCUT2D eigenvalue weighted by atomic mass is 10.2. The zero-order valence-corrected chi connectivity index (χ0v) is 10.3. The van der Waals surface area contributed by atoms with Crippen molar-refractivity contribution < 1.29 is 4.42 Å². The topological polar surface area (TPSA) is 28.4 Å². The van der Waals surface area contributed by atoms with E-state index >= 15 is 0 Å². The van der Waals surface area contributed by atoms with Crippen molar-refractivity contribution in [3.63, 3.8) is 0 Å². The maximum atomic E-state index is 5.02. The quantitative estimate of drug-likeness (QED) is 0.856. The minimum Gasteiger partial charge on any atom is -0.472 e. The van der Waals surface area contributed by atoms with Crippen LogP contribution in [0.15, 0.2) is 47.3 Å². The van der Waals surface area contributed by atoms with Crippen LogP contribution in [0.3, 0.4) is 0 Å². The molecule has 0 aliphatic carbocycles. The monoisotopic (exact) mass is 230 g/mol. The Morgan fingerprint density at radius 2 is 1.82 bits per heavy atom. The third-order valence-corrected chi connectivity index (χ3v) is 2.53. The average Bonchev–Trinajstić information content (AvgIpc) is 2.80. The molecule has 1 heterocycles. The van der Waals surface area contributed by atoms with Gasteiger partial charge in [0.15, 0.2) is 0 Å². The van der Waals surface area contributed by atoms with E-state index in [4.69, 9.17) is 4.42 Å². The van der Waals surface area contributed by atoms with Crippen molar-refractivity contribution in [1.29, 1.82) is 0 Å². The maximum absolute atomic E-state index is 5.02. The van der Waals surface area contributed by atoms with Gasteiger partial charge in [0.25, 0.3) is 0 Å². The average molecular weight is 230 g/mol. The third kappa shape index (κ3) is 3.64. The van der Waals surface area contributed by atoms with E-state index in [9.17, 15) is 0 Å². The number of furan rings is 1. The van der Waals surface area contributed by atoms with E-state index in [-0.39, 0.29) is 0 Å². The van der Waals surface area contributed by atoms with E-state index < -0.39 is 0 Å². The predicted molar refractivity (Wildman–Crippen MR) is 69.9 cm³/mol. The predicted octanol–water partition coefficient (Wildman–Crippen LogP) is 2.95. The number of anilines is 1. The molecule has 0 radical (unpaired) electrons. The summed E-state index contributed by atoms with van der Waals surface area (Å²) >= 11 is 0. The Hall–Kier alpha value is -1.74. The molecular formula is C14H18N2O. The Labute approximate surface area is 102 Å². The fourth-order valence-corrected chi connectivity index (χ4v) is 1.69. The summed E-state index contributed by atoms with van der Waals surface area (Å²) in [6.07, 6.45) is 3.45. The second-order valence-corrected chi connectivity index (χ2v) is 4.42. The van der Waals surface area contributed by atoms with Gasteiger partial charge in [-0.1, -0.05) is 12.1 Å². The van der Waals surface area contributed by atoms with E-state index in [1.807, 2.05) is 6.07 Å². The summed E-state index contributed by atoms with van der Waals surface area (Å²) in [6.45, 7) is 1.77. The van der Waals surface area contributed by atoms with Crippen LogP contribution >= 0.6 is 0 Å². The first kappa shape index (κ1) is 11.7. The van der Waals surface area contributed by atoms with Crippen LogP contribution in [-0.4, -0.2) is 19.0 Å². The summed E-state index contributed by atoms with van der Waals surface area (Å²) in [5.74, 6) is 0. The minimum absolute atomic E-state index is 0.795. The van der Waals surface area contributed by atoms with Crippen molar-refractivity contribution in [2.75, 3.05) is 19.4 Å². The number of benzene rings is 1. The summed E-state index contributed by atoms with van der Waals surface area (Å²) in [5, 5.41) is 3.35. The van der Waals surface area contributed by atoms with Gasteiger partial charge in [0.2, 0.25) is 0 Å². The van der Waals surface area contributed by atoms with E-state index in [0.717, 1.165) is 24.3 Å². The molecule has 0 aliphatic heterocycles. The van der Waals surface area contributed by atoms with Crippen LogP contribution in [0.4, 0.5) is 5.69 Å². The van der Waals surface area contributed by atoms with E-state index in [2.05, 4.69) is 48.6 Å². The Kier molecular flexibility index (Phi) is 3.83. The van der Waals surface area contributed by atoms with E-state index in [1.54, 1.807) is 12.5 Å². The van der Waals surface area contributed by atoms with Gasteiger partial charge in [-0.25, -0.2) is 0 Å². The van der Waals surface area contributed by atoms with Gasteiger partial charge in [0.1, 0.15) is 0 Å². The molecule has 1 aromatic heterocycles. The molecule has 0 unspecified atom stereocenters. The zero-order chi connectivity index (χ0) is 12.1. The van der Waals surface area contributed by atoms with Gasteiger partial charge in [0, 0.05) is 24.3 Å². The van der Waals surface area contributed by atoms with E-state index in [1.165, 1.54) is 5.56 Å². The van der Waals surface area contributed by atoms with Crippen LogP contribution in [0.1, 0.15) is 11.1 Å². The normalized spacial score (nSPS) is 10.8. The van der Waals surface area contributed by atoms with Crippen LogP contribution < -0.4 is 5.32 Å². The largest absolute Gasteiger partial charge is 0.472 e. The number of rotatable bonds is 5. The van der Waals surface area contributed by atoms with Gasteiger partial charge >= 0.3 is 0 Å². The molecule has 0 amide bonds. The molecule has 90 valence electrons. The molecule has 1 N–H and O–H groups in total. The van der Waals surface area contributed by atoms with Crippen molar-refractivity contribution in [3.8, 4) is 0 Å². The Morgan fingerprint density at radius 3 is 2.41 bits per heavy atom. The van der Waals surface area contributed by atoms with Crippen molar-refractivity contribution in [3.05, 3.63) is 54.0 Å². The van der Waals surface area contributed by atoms with Gasteiger partial charge in [0.05, 0.1) is 12.5 Å². The van der Waals surface area contributed by atoms with Gasteiger partial charge in [-0.3, -0.25) is 0 Å². The second-order valence-electron chi connectivity index (χ2n) is 4.42. The third-order valence-electron chi connectivity index (χ3n) is 2.53. The molecule has 2 rings (SSSR count). The SMILES string of the molecule is CN(C)Cc1ccc(NCc2ccoc2)cc1. The molecule has 0 fully saturated rings. The molecule has 0 spiro atoms. The lowest BCUT2D eigenvalue weighted by Gasteiger charge is -2.10. The molecule has 3 nitrogen and oxygen atoms in total. The van der Waals surface area contributed by atoms with Crippen LogP contribution in [-0.2, 0) is 13.1 Å². The van der Waals surface area contributed by atoms with Gasteiger partial charge < -0.3 is 14.6 Å². The van der Waals surface area contributed by atoms with Crippen LogP contribution in [0, 0.1) is 0 Å². The minimum atomic E-state index is 0.795. The Morgan fingerprint density at radius 1 is 1.06 bits per heavy atom. The van der Waals surface area contributed by atoms with Gasteiger partial charge in [-0.15, -0.1) is 0 Å². The van der Waals surface area contributed by atoms with Crippen LogP contribution in [0.5, 0.6) is 0 Å². The molecule has 17 heavy (non-hydrogen) atoms. The number of nitrogens with one attached hydrogen (secondary N) is 1. The fraction of sp³-hybridized carbons (Fsp3) is 0.286. The Balaban J connectivity index is 1.89. The first-order valence-electron chi connectivity index (χ1n) is 5.72. The van der Waals surface area contributed by atoms with Gasteiger partial charge in [-0.2, -0.15) is 0 Å². The van der Waals surface area contributed by atoms with Crippen LogP contribution in [0.2, 0.25) is 0 Å². The maximum Gasteiger partial charge on any atom is 0.0952 e. The summed E-state index contributed by atoms with van der Waals surface area (Å²) in [7, 11) is 4.15. The molecule has 0 saturated carbocycles. The molecule has 3 heteroatoms. The fourth-order valence-electron chi connectivity index (χ4n) is 1.69. The molecule has 0 bridgehead atoms.